The molecule has 0 bridgehead atoms. The van der Waals surface area contributed by atoms with Gasteiger partial charge in [0.2, 0.25) is 0 Å². The number of likely N-dealkylation sites (N-methyl/N-ethyl adjacent to an activating group) is 1. The first-order chi connectivity index (χ1) is 10.5. The van der Waals surface area contributed by atoms with E-state index < -0.39 is 0 Å². The van der Waals surface area contributed by atoms with Crippen molar-refractivity contribution >= 4 is 5.91 Å². The summed E-state index contributed by atoms with van der Waals surface area (Å²) in [4.78, 5) is 14.7. The third-order valence-corrected chi connectivity index (χ3v) is 3.37. The maximum Gasteiger partial charge on any atom is 0.255 e. The van der Waals surface area contributed by atoms with Crippen molar-refractivity contribution in [2.75, 3.05) is 20.6 Å². The first-order valence-electron chi connectivity index (χ1n) is 7.49. The van der Waals surface area contributed by atoms with E-state index in [9.17, 15) is 4.79 Å². The highest BCUT2D eigenvalue weighted by atomic mass is 16.3. The third kappa shape index (κ3) is 4.21. The van der Waals surface area contributed by atoms with Crippen LogP contribution in [0.25, 0.3) is 11.3 Å². The highest BCUT2D eigenvalue weighted by Gasteiger charge is 2.20. The van der Waals surface area contributed by atoms with Crippen molar-refractivity contribution in [3.05, 3.63) is 30.4 Å². The number of aromatic amines is 1. The highest BCUT2D eigenvalue weighted by Crippen LogP contribution is 2.21. The lowest BCUT2D eigenvalue weighted by molar-refractivity contribution is 0.0925. The molecule has 0 spiro atoms. The molecule has 2 heterocycles. The molecule has 0 aliphatic heterocycles. The number of hydrogen-bond acceptors (Lipinski definition) is 4. The SMILES string of the molecule is CC(C)C[C@@H](CN(C)C)NC(=O)c1cn[nH]c1-c1ccoc1. The molecule has 2 rings (SSSR count). The second-order valence-electron chi connectivity index (χ2n) is 6.23. The summed E-state index contributed by atoms with van der Waals surface area (Å²) < 4.78 is 5.07. The molecule has 0 saturated heterocycles. The summed E-state index contributed by atoms with van der Waals surface area (Å²) in [5, 5.41) is 9.97. The number of carbonyl (C=O) groups excluding carboxylic acids is 1. The predicted octanol–water partition coefficient (Wildman–Crippen LogP) is 2.38. The van der Waals surface area contributed by atoms with E-state index >= 15 is 0 Å². The Morgan fingerprint density at radius 2 is 2.23 bits per heavy atom. The van der Waals surface area contributed by atoms with Crippen LogP contribution < -0.4 is 5.32 Å². The minimum absolute atomic E-state index is 0.106. The van der Waals surface area contributed by atoms with E-state index in [1.54, 1.807) is 24.8 Å². The maximum atomic E-state index is 12.6. The fourth-order valence-corrected chi connectivity index (χ4v) is 2.54. The van der Waals surface area contributed by atoms with Crippen molar-refractivity contribution in [1.82, 2.24) is 20.4 Å². The molecule has 1 atom stereocenters. The fraction of sp³-hybridized carbons (Fsp3) is 0.500. The second kappa shape index (κ2) is 7.26. The van der Waals surface area contributed by atoms with Crippen LogP contribution in [0.1, 0.15) is 30.6 Å². The van der Waals surface area contributed by atoms with Crippen LogP contribution in [0.4, 0.5) is 0 Å². The zero-order valence-electron chi connectivity index (χ0n) is 13.6. The van der Waals surface area contributed by atoms with Crippen molar-refractivity contribution in [3.63, 3.8) is 0 Å². The van der Waals surface area contributed by atoms with Crippen LogP contribution in [-0.4, -0.2) is 47.7 Å². The van der Waals surface area contributed by atoms with Gasteiger partial charge in [0, 0.05) is 18.2 Å². The molecular formula is C16H24N4O2. The zero-order valence-corrected chi connectivity index (χ0v) is 13.6. The summed E-state index contributed by atoms with van der Waals surface area (Å²) in [6.07, 6.45) is 5.66. The Morgan fingerprint density at radius 3 is 2.82 bits per heavy atom. The molecule has 22 heavy (non-hydrogen) atoms. The summed E-state index contributed by atoms with van der Waals surface area (Å²) in [7, 11) is 4.02. The van der Waals surface area contributed by atoms with E-state index in [1.165, 1.54) is 0 Å². The van der Waals surface area contributed by atoms with Crippen LogP contribution in [0, 0.1) is 5.92 Å². The Bertz CT molecular complexity index is 577. The Balaban J connectivity index is 2.12. The van der Waals surface area contributed by atoms with Crippen molar-refractivity contribution in [3.8, 4) is 11.3 Å². The average molecular weight is 304 g/mol. The van der Waals surface area contributed by atoms with Gasteiger partial charge in [-0.15, -0.1) is 0 Å². The largest absolute Gasteiger partial charge is 0.472 e. The first-order valence-corrected chi connectivity index (χ1v) is 7.49. The van der Waals surface area contributed by atoms with Crippen LogP contribution >= 0.6 is 0 Å². The molecule has 120 valence electrons. The van der Waals surface area contributed by atoms with E-state index in [2.05, 4.69) is 34.3 Å². The molecule has 1 amide bonds. The summed E-state index contributed by atoms with van der Waals surface area (Å²) in [6, 6.07) is 1.91. The molecule has 6 nitrogen and oxygen atoms in total. The second-order valence-corrected chi connectivity index (χ2v) is 6.23. The number of nitrogens with one attached hydrogen (secondary N) is 2. The number of nitrogens with zero attached hydrogens (tertiary/aromatic N) is 2. The number of amides is 1. The van der Waals surface area contributed by atoms with Gasteiger partial charge in [0.25, 0.3) is 5.91 Å². The number of H-pyrrole nitrogens is 1. The quantitative estimate of drug-likeness (QED) is 0.823. The molecular weight excluding hydrogens is 280 g/mol. The minimum Gasteiger partial charge on any atom is -0.472 e. The Labute approximate surface area is 130 Å². The number of aromatic nitrogens is 2. The van der Waals surface area contributed by atoms with E-state index in [0.29, 0.717) is 17.2 Å². The van der Waals surface area contributed by atoms with Gasteiger partial charge in [0.05, 0.1) is 30.0 Å². The van der Waals surface area contributed by atoms with Crippen LogP contribution in [0.2, 0.25) is 0 Å². The molecule has 6 heteroatoms. The van der Waals surface area contributed by atoms with Crippen molar-refractivity contribution in [2.24, 2.45) is 5.92 Å². The summed E-state index contributed by atoms with van der Waals surface area (Å²) in [5.41, 5.74) is 2.03. The average Bonchev–Trinajstić information content (AvgIpc) is 3.08. The zero-order chi connectivity index (χ0) is 16.1. The van der Waals surface area contributed by atoms with E-state index in [1.807, 2.05) is 14.1 Å². The molecule has 2 aromatic heterocycles. The van der Waals surface area contributed by atoms with Crippen molar-refractivity contribution in [2.45, 2.75) is 26.3 Å². The summed E-state index contributed by atoms with van der Waals surface area (Å²) in [6.45, 7) is 5.12. The van der Waals surface area contributed by atoms with Crippen LogP contribution in [0.5, 0.6) is 0 Å². The van der Waals surface area contributed by atoms with Gasteiger partial charge in [-0.3, -0.25) is 9.89 Å². The molecule has 0 saturated carbocycles. The summed E-state index contributed by atoms with van der Waals surface area (Å²) in [5.74, 6) is 0.403. The number of furan rings is 1. The molecule has 2 N–H and O–H groups in total. The lowest BCUT2D eigenvalue weighted by atomic mass is 10.0. The fourth-order valence-electron chi connectivity index (χ4n) is 2.54. The smallest absolute Gasteiger partial charge is 0.255 e. The van der Waals surface area contributed by atoms with Gasteiger partial charge in [-0.1, -0.05) is 13.8 Å². The van der Waals surface area contributed by atoms with Crippen LogP contribution in [0.15, 0.2) is 29.2 Å². The highest BCUT2D eigenvalue weighted by molar-refractivity contribution is 5.99. The summed E-state index contributed by atoms with van der Waals surface area (Å²) >= 11 is 0. The van der Waals surface area contributed by atoms with E-state index in [-0.39, 0.29) is 11.9 Å². The molecule has 0 radical (unpaired) electrons. The van der Waals surface area contributed by atoms with Crippen molar-refractivity contribution in [1.29, 1.82) is 0 Å². The topological polar surface area (TPSA) is 74.2 Å². The van der Waals surface area contributed by atoms with Gasteiger partial charge in [-0.2, -0.15) is 5.10 Å². The Morgan fingerprint density at radius 1 is 1.45 bits per heavy atom. The molecule has 2 aromatic rings. The molecule has 0 aliphatic rings. The van der Waals surface area contributed by atoms with Gasteiger partial charge in [0.1, 0.15) is 0 Å². The van der Waals surface area contributed by atoms with Crippen LogP contribution in [-0.2, 0) is 0 Å². The monoisotopic (exact) mass is 304 g/mol. The standard InChI is InChI=1S/C16H24N4O2/c1-11(2)7-13(9-20(3)4)18-16(21)14-8-17-19-15(14)12-5-6-22-10-12/h5-6,8,10-11,13H,7,9H2,1-4H3,(H,17,19)(H,18,21)/t13-/m0/s1. The van der Waals surface area contributed by atoms with Gasteiger partial charge in [0.15, 0.2) is 0 Å². The van der Waals surface area contributed by atoms with E-state index in [4.69, 9.17) is 4.42 Å². The molecule has 0 aliphatic carbocycles. The number of hydrogen-bond donors (Lipinski definition) is 2. The number of carbonyl (C=O) groups is 1. The van der Waals surface area contributed by atoms with Gasteiger partial charge >= 0.3 is 0 Å². The lowest BCUT2D eigenvalue weighted by Crippen LogP contribution is -2.42. The first kappa shape index (κ1) is 16.3. The van der Waals surface area contributed by atoms with Crippen molar-refractivity contribution < 1.29 is 9.21 Å². The Kier molecular flexibility index (Phi) is 5.38. The third-order valence-electron chi connectivity index (χ3n) is 3.37. The minimum atomic E-state index is -0.113. The van der Waals surface area contributed by atoms with Gasteiger partial charge in [-0.05, 0) is 32.5 Å². The van der Waals surface area contributed by atoms with E-state index in [0.717, 1.165) is 18.5 Å². The molecule has 0 aromatic carbocycles. The number of rotatable bonds is 7. The normalized spacial score (nSPS) is 12.8. The molecule has 0 unspecified atom stereocenters. The molecule has 0 fully saturated rings. The van der Waals surface area contributed by atoms with Crippen LogP contribution in [0.3, 0.4) is 0 Å². The predicted molar refractivity (Wildman–Crippen MR) is 85.6 cm³/mol. The maximum absolute atomic E-state index is 12.6. The van der Waals surface area contributed by atoms with Gasteiger partial charge in [-0.25, -0.2) is 0 Å². The lowest BCUT2D eigenvalue weighted by Gasteiger charge is -2.23. The van der Waals surface area contributed by atoms with Gasteiger partial charge < -0.3 is 14.6 Å². The Hall–Kier alpha value is -2.08.